The lowest BCUT2D eigenvalue weighted by Crippen LogP contribution is -2.41. The van der Waals surface area contributed by atoms with Crippen molar-refractivity contribution in [3.63, 3.8) is 0 Å². The number of fused-ring (bicyclic) bond motifs is 1. The van der Waals surface area contributed by atoms with Gasteiger partial charge in [0.05, 0.1) is 0 Å². The zero-order valence-electron chi connectivity index (χ0n) is 12.2. The van der Waals surface area contributed by atoms with Gasteiger partial charge in [0.25, 0.3) is 0 Å². The minimum absolute atomic E-state index is 0.0893. The van der Waals surface area contributed by atoms with Crippen LogP contribution in [0.15, 0.2) is 16.6 Å². The molecule has 1 aromatic carbocycles. The quantitative estimate of drug-likeness (QED) is 0.673. The predicted octanol–water partition coefficient (Wildman–Crippen LogP) is 5.41. The number of ether oxygens (including phenoxy) is 1. The van der Waals surface area contributed by atoms with Crippen LogP contribution in [-0.4, -0.2) is 5.60 Å². The van der Waals surface area contributed by atoms with Crippen LogP contribution in [0.1, 0.15) is 65.0 Å². The molecule has 0 amide bonds. The lowest BCUT2D eigenvalue weighted by molar-refractivity contribution is 0.0518. The van der Waals surface area contributed by atoms with Gasteiger partial charge in [-0.2, -0.15) is 0 Å². The van der Waals surface area contributed by atoms with Gasteiger partial charge in [0.2, 0.25) is 0 Å². The standard InChI is InChI=1S/C16H23BrO/c1-10(2)12-7-11(17)8-13-14(12)18-16(5,6)9-15(13,3)4/h7-8,10H,9H2,1-6H3. The molecule has 1 heterocycles. The number of hydrogen-bond acceptors (Lipinski definition) is 1. The van der Waals surface area contributed by atoms with Gasteiger partial charge < -0.3 is 4.74 Å². The largest absolute Gasteiger partial charge is 0.487 e. The van der Waals surface area contributed by atoms with Crippen LogP contribution >= 0.6 is 15.9 Å². The van der Waals surface area contributed by atoms with Crippen molar-refractivity contribution in [2.75, 3.05) is 0 Å². The molecular weight excluding hydrogens is 288 g/mol. The van der Waals surface area contributed by atoms with E-state index in [4.69, 9.17) is 4.74 Å². The Morgan fingerprint density at radius 2 is 1.78 bits per heavy atom. The van der Waals surface area contributed by atoms with Gasteiger partial charge in [0.15, 0.2) is 0 Å². The molecule has 2 heteroatoms. The van der Waals surface area contributed by atoms with Crippen LogP contribution in [0.2, 0.25) is 0 Å². The summed E-state index contributed by atoms with van der Waals surface area (Å²) in [4.78, 5) is 0. The highest BCUT2D eigenvalue weighted by molar-refractivity contribution is 9.10. The van der Waals surface area contributed by atoms with E-state index in [1.807, 2.05) is 0 Å². The first kappa shape index (κ1) is 13.9. The minimum Gasteiger partial charge on any atom is -0.487 e. The van der Waals surface area contributed by atoms with E-state index in [-0.39, 0.29) is 11.0 Å². The second-order valence-corrected chi connectivity index (χ2v) is 7.86. The van der Waals surface area contributed by atoms with Crippen molar-refractivity contribution in [1.82, 2.24) is 0 Å². The van der Waals surface area contributed by atoms with Gasteiger partial charge in [0, 0.05) is 10.0 Å². The molecule has 100 valence electrons. The molecular formula is C16H23BrO. The third kappa shape index (κ3) is 2.45. The van der Waals surface area contributed by atoms with E-state index in [1.165, 1.54) is 11.1 Å². The summed E-state index contributed by atoms with van der Waals surface area (Å²) in [6.07, 6.45) is 1.04. The predicted molar refractivity (Wildman–Crippen MR) is 80.6 cm³/mol. The van der Waals surface area contributed by atoms with Gasteiger partial charge in [-0.15, -0.1) is 0 Å². The molecule has 0 aromatic heterocycles. The summed E-state index contributed by atoms with van der Waals surface area (Å²) in [7, 11) is 0. The van der Waals surface area contributed by atoms with Crippen molar-refractivity contribution in [3.05, 3.63) is 27.7 Å². The van der Waals surface area contributed by atoms with Crippen molar-refractivity contribution >= 4 is 15.9 Å². The van der Waals surface area contributed by atoms with E-state index in [0.717, 1.165) is 16.6 Å². The van der Waals surface area contributed by atoms with Gasteiger partial charge >= 0.3 is 0 Å². The van der Waals surface area contributed by atoms with Gasteiger partial charge in [-0.3, -0.25) is 0 Å². The maximum Gasteiger partial charge on any atom is 0.127 e. The van der Waals surface area contributed by atoms with Crippen molar-refractivity contribution in [1.29, 1.82) is 0 Å². The Morgan fingerprint density at radius 3 is 2.33 bits per heavy atom. The highest BCUT2D eigenvalue weighted by Crippen LogP contribution is 2.48. The number of benzene rings is 1. The molecule has 1 aromatic rings. The normalized spacial score (nSPS) is 20.4. The fourth-order valence-corrected chi connectivity index (χ4v) is 3.61. The fraction of sp³-hybridized carbons (Fsp3) is 0.625. The van der Waals surface area contributed by atoms with Crippen molar-refractivity contribution in [3.8, 4) is 5.75 Å². The van der Waals surface area contributed by atoms with E-state index in [1.54, 1.807) is 0 Å². The molecule has 0 atom stereocenters. The van der Waals surface area contributed by atoms with Crippen LogP contribution in [0.25, 0.3) is 0 Å². The maximum atomic E-state index is 6.28. The topological polar surface area (TPSA) is 9.23 Å². The average molecular weight is 311 g/mol. The van der Waals surface area contributed by atoms with Crippen molar-refractivity contribution in [2.24, 2.45) is 0 Å². The summed E-state index contributed by atoms with van der Waals surface area (Å²) >= 11 is 3.63. The molecule has 2 rings (SSSR count). The summed E-state index contributed by atoms with van der Waals surface area (Å²) < 4.78 is 7.44. The molecule has 18 heavy (non-hydrogen) atoms. The fourth-order valence-electron chi connectivity index (χ4n) is 3.13. The summed E-state index contributed by atoms with van der Waals surface area (Å²) in [5.74, 6) is 1.58. The Kier molecular flexibility index (Phi) is 3.30. The van der Waals surface area contributed by atoms with Gasteiger partial charge in [-0.1, -0.05) is 43.6 Å². The highest BCUT2D eigenvalue weighted by atomic mass is 79.9. The third-order valence-corrected chi connectivity index (χ3v) is 4.14. The Labute approximate surface area is 119 Å². The SMILES string of the molecule is CC(C)c1cc(Br)cc2c1OC(C)(C)CC2(C)C. The summed E-state index contributed by atoms with van der Waals surface area (Å²) in [5, 5.41) is 0. The molecule has 1 nitrogen and oxygen atoms in total. The Balaban J connectivity index is 2.68. The van der Waals surface area contributed by atoms with E-state index < -0.39 is 0 Å². The zero-order valence-corrected chi connectivity index (χ0v) is 13.8. The molecule has 0 bridgehead atoms. The lowest BCUT2D eigenvalue weighted by Gasteiger charge is -2.43. The van der Waals surface area contributed by atoms with Gasteiger partial charge in [0.1, 0.15) is 11.4 Å². The number of rotatable bonds is 1. The van der Waals surface area contributed by atoms with Crippen LogP contribution in [0.4, 0.5) is 0 Å². The second-order valence-electron chi connectivity index (χ2n) is 6.95. The lowest BCUT2D eigenvalue weighted by atomic mass is 9.72. The van der Waals surface area contributed by atoms with Crippen molar-refractivity contribution < 1.29 is 4.74 Å². The first-order chi connectivity index (χ1) is 8.12. The summed E-state index contributed by atoms with van der Waals surface area (Å²) in [6, 6.07) is 4.41. The number of halogens is 1. The maximum absolute atomic E-state index is 6.28. The molecule has 0 N–H and O–H groups in total. The van der Waals surface area contributed by atoms with Crippen molar-refractivity contribution in [2.45, 2.75) is 64.9 Å². The Hall–Kier alpha value is -0.500. The smallest absolute Gasteiger partial charge is 0.127 e. The first-order valence-electron chi connectivity index (χ1n) is 6.65. The average Bonchev–Trinajstić information content (AvgIpc) is 2.15. The Bertz CT molecular complexity index is 472. The van der Waals surface area contributed by atoms with Crippen LogP contribution in [-0.2, 0) is 5.41 Å². The Morgan fingerprint density at radius 1 is 1.17 bits per heavy atom. The van der Waals surface area contributed by atoms with Gasteiger partial charge in [-0.05, 0) is 49.3 Å². The van der Waals surface area contributed by atoms with E-state index >= 15 is 0 Å². The van der Waals surface area contributed by atoms with E-state index in [0.29, 0.717) is 5.92 Å². The van der Waals surface area contributed by atoms with E-state index in [2.05, 4.69) is 69.6 Å². The molecule has 0 aliphatic carbocycles. The third-order valence-electron chi connectivity index (χ3n) is 3.68. The molecule has 0 fully saturated rings. The van der Waals surface area contributed by atoms with Crippen LogP contribution < -0.4 is 4.74 Å². The van der Waals surface area contributed by atoms with E-state index in [9.17, 15) is 0 Å². The van der Waals surface area contributed by atoms with Crippen LogP contribution in [0, 0.1) is 0 Å². The number of hydrogen-bond donors (Lipinski definition) is 0. The molecule has 0 radical (unpaired) electrons. The molecule has 0 saturated carbocycles. The summed E-state index contributed by atoms with van der Waals surface area (Å²) in [5.41, 5.74) is 2.71. The van der Waals surface area contributed by atoms with Gasteiger partial charge in [-0.25, -0.2) is 0 Å². The molecule has 0 spiro atoms. The monoisotopic (exact) mass is 310 g/mol. The first-order valence-corrected chi connectivity index (χ1v) is 7.45. The minimum atomic E-state index is -0.0893. The zero-order chi connectivity index (χ0) is 13.7. The molecule has 0 saturated heterocycles. The van der Waals surface area contributed by atoms with Crippen LogP contribution in [0.5, 0.6) is 5.75 Å². The highest BCUT2D eigenvalue weighted by Gasteiger charge is 2.40. The molecule has 1 aliphatic heterocycles. The molecule has 1 aliphatic rings. The summed E-state index contributed by atoms with van der Waals surface area (Å²) in [6.45, 7) is 13.4. The molecule has 0 unspecified atom stereocenters. The second kappa shape index (κ2) is 4.26. The van der Waals surface area contributed by atoms with Crippen LogP contribution in [0.3, 0.4) is 0 Å².